The molecule has 0 aliphatic heterocycles. The molecule has 0 saturated carbocycles. The van der Waals surface area contributed by atoms with Gasteiger partial charge in [-0.05, 0) is 53.9 Å². The zero-order valence-corrected chi connectivity index (χ0v) is 19.9. The van der Waals surface area contributed by atoms with Gasteiger partial charge in [0.05, 0.1) is 12.0 Å². The summed E-state index contributed by atoms with van der Waals surface area (Å²) in [6.45, 7) is 3.12. The Morgan fingerprint density at radius 1 is 0.906 bits per heavy atom. The standard InChI is InChI=1S/C25H28ClNO4S/c1-3-4-16-27(32(28,29)23-13-11-22(26)12-14-23)18-21-10-15-24(25(17-21)30-2)31-19-20-8-6-5-7-9-20/h5-15,17H,3-4,16,18-19H2,1-2H3. The van der Waals surface area contributed by atoms with E-state index >= 15 is 0 Å². The number of unbranched alkanes of at least 4 members (excludes halogenated alkanes) is 1. The maximum Gasteiger partial charge on any atom is 0.243 e. The van der Waals surface area contributed by atoms with E-state index in [1.165, 1.54) is 16.4 Å². The van der Waals surface area contributed by atoms with Crippen LogP contribution in [-0.4, -0.2) is 26.4 Å². The van der Waals surface area contributed by atoms with Gasteiger partial charge < -0.3 is 9.47 Å². The smallest absolute Gasteiger partial charge is 0.243 e. The molecular formula is C25H28ClNO4S. The van der Waals surface area contributed by atoms with Crippen LogP contribution in [0.15, 0.2) is 77.7 Å². The van der Waals surface area contributed by atoms with Crippen molar-refractivity contribution in [1.82, 2.24) is 4.31 Å². The van der Waals surface area contributed by atoms with Gasteiger partial charge in [-0.3, -0.25) is 0 Å². The van der Waals surface area contributed by atoms with Gasteiger partial charge in [0, 0.05) is 18.1 Å². The Bertz CT molecular complexity index is 1100. The van der Waals surface area contributed by atoms with E-state index in [4.69, 9.17) is 21.1 Å². The molecule has 0 unspecified atom stereocenters. The van der Waals surface area contributed by atoms with Crippen LogP contribution in [0, 0.1) is 0 Å². The Kier molecular flexibility index (Phi) is 8.56. The number of ether oxygens (including phenoxy) is 2. The minimum atomic E-state index is -3.66. The number of benzene rings is 3. The van der Waals surface area contributed by atoms with E-state index in [9.17, 15) is 8.42 Å². The Labute approximate surface area is 195 Å². The van der Waals surface area contributed by atoms with Gasteiger partial charge in [0.2, 0.25) is 10.0 Å². The third kappa shape index (κ3) is 6.25. The molecule has 3 aromatic carbocycles. The molecule has 170 valence electrons. The van der Waals surface area contributed by atoms with E-state index in [0.717, 1.165) is 24.0 Å². The summed E-state index contributed by atoms with van der Waals surface area (Å²) in [6, 6.07) is 21.7. The van der Waals surface area contributed by atoms with Crippen molar-refractivity contribution in [3.63, 3.8) is 0 Å². The molecule has 0 aromatic heterocycles. The van der Waals surface area contributed by atoms with Gasteiger partial charge in [-0.2, -0.15) is 4.31 Å². The molecule has 0 aliphatic rings. The summed E-state index contributed by atoms with van der Waals surface area (Å²) in [5.41, 5.74) is 1.88. The largest absolute Gasteiger partial charge is 0.493 e. The lowest BCUT2D eigenvalue weighted by atomic mass is 10.2. The fraction of sp³-hybridized carbons (Fsp3) is 0.280. The Hall–Kier alpha value is -2.54. The molecule has 0 atom stereocenters. The molecule has 0 bridgehead atoms. The van der Waals surface area contributed by atoms with Crippen molar-refractivity contribution in [3.05, 3.63) is 88.9 Å². The van der Waals surface area contributed by atoms with Crippen LogP contribution in [0.25, 0.3) is 0 Å². The first-order chi connectivity index (χ1) is 15.4. The van der Waals surface area contributed by atoms with Gasteiger partial charge >= 0.3 is 0 Å². The number of methoxy groups -OCH3 is 1. The van der Waals surface area contributed by atoms with Crippen molar-refractivity contribution in [2.24, 2.45) is 0 Å². The number of sulfonamides is 1. The summed E-state index contributed by atoms with van der Waals surface area (Å²) < 4.78 is 39.5. The molecular weight excluding hydrogens is 446 g/mol. The molecule has 0 fully saturated rings. The van der Waals surface area contributed by atoms with E-state index in [0.29, 0.717) is 29.7 Å². The Morgan fingerprint density at radius 3 is 2.28 bits per heavy atom. The number of hydrogen-bond donors (Lipinski definition) is 0. The molecule has 0 spiro atoms. The third-order valence-corrected chi connectivity index (χ3v) is 7.15. The normalized spacial score (nSPS) is 11.5. The first-order valence-electron chi connectivity index (χ1n) is 10.5. The maximum atomic E-state index is 13.3. The number of halogens is 1. The van der Waals surface area contributed by atoms with Crippen molar-refractivity contribution >= 4 is 21.6 Å². The van der Waals surface area contributed by atoms with Crippen molar-refractivity contribution in [1.29, 1.82) is 0 Å². The molecule has 32 heavy (non-hydrogen) atoms. The fourth-order valence-electron chi connectivity index (χ4n) is 3.24. The van der Waals surface area contributed by atoms with Gasteiger partial charge in [0.1, 0.15) is 6.61 Å². The van der Waals surface area contributed by atoms with E-state index in [1.807, 2.05) is 55.5 Å². The SMILES string of the molecule is CCCCN(Cc1ccc(OCc2ccccc2)c(OC)c1)S(=O)(=O)c1ccc(Cl)cc1. The summed E-state index contributed by atoms with van der Waals surface area (Å²) in [6.07, 6.45) is 1.66. The lowest BCUT2D eigenvalue weighted by molar-refractivity contribution is 0.284. The van der Waals surface area contributed by atoms with Crippen molar-refractivity contribution in [3.8, 4) is 11.5 Å². The summed E-state index contributed by atoms with van der Waals surface area (Å²) in [7, 11) is -2.08. The first-order valence-corrected chi connectivity index (χ1v) is 12.3. The highest BCUT2D eigenvalue weighted by Crippen LogP contribution is 2.30. The van der Waals surface area contributed by atoms with Crippen LogP contribution in [0.2, 0.25) is 5.02 Å². The minimum absolute atomic E-state index is 0.229. The predicted molar refractivity (Wildman–Crippen MR) is 128 cm³/mol. The van der Waals surface area contributed by atoms with E-state index in [1.54, 1.807) is 19.2 Å². The van der Waals surface area contributed by atoms with Crippen molar-refractivity contribution in [2.45, 2.75) is 37.8 Å². The quantitative estimate of drug-likeness (QED) is 0.347. The Morgan fingerprint density at radius 2 is 1.62 bits per heavy atom. The second kappa shape index (κ2) is 11.4. The van der Waals surface area contributed by atoms with Crippen LogP contribution >= 0.6 is 11.6 Å². The van der Waals surface area contributed by atoms with E-state index in [-0.39, 0.29) is 11.4 Å². The minimum Gasteiger partial charge on any atom is -0.493 e. The maximum absolute atomic E-state index is 13.3. The average Bonchev–Trinajstić information content (AvgIpc) is 2.81. The number of hydrogen-bond acceptors (Lipinski definition) is 4. The molecule has 0 saturated heterocycles. The average molecular weight is 474 g/mol. The van der Waals surface area contributed by atoms with Gasteiger partial charge in [-0.25, -0.2) is 8.42 Å². The predicted octanol–water partition coefficient (Wildman–Crippen LogP) is 5.92. The van der Waals surface area contributed by atoms with Gasteiger partial charge in [0.25, 0.3) is 0 Å². The van der Waals surface area contributed by atoms with Crippen molar-refractivity contribution in [2.75, 3.05) is 13.7 Å². The van der Waals surface area contributed by atoms with Crippen LogP contribution in [0.3, 0.4) is 0 Å². The number of nitrogens with zero attached hydrogens (tertiary/aromatic N) is 1. The summed E-state index contributed by atoms with van der Waals surface area (Å²) in [5, 5.41) is 0.500. The summed E-state index contributed by atoms with van der Waals surface area (Å²) in [4.78, 5) is 0.229. The highest BCUT2D eigenvalue weighted by Gasteiger charge is 2.24. The van der Waals surface area contributed by atoms with Crippen molar-refractivity contribution < 1.29 is 17.9 Å². The van der Waals surface area contributed by atoms with Gasteiger partial charge in [-0.1, -0.05) is 61.3 Å². The zero-order valence-electron chi connectivity index (χ0n) is 18.3. The molecule has 3 aromatic rings. The highest BCUT2D eigenvalue weighted by molar-refractivity contribution is 7.89. The molecule has 0 radical (unpaired) electrons. The summed E-state index contributed by atoms with van der Waals surface area (Å²) >= 11 is 5.93. The third-order valence-electron chi connectivity index (χ3n) is 5.04. The van der Waals surface area contributed by atoms with Crippen LogP contribution in [-0.2, 0) is 23.2 Å². The van der Waals surface area contributed by atoms with Crippen LogP contribution in [0.5, 0.6) is 11.5 Å². The second-order valence-electron chi connectivity index (χ2n) is 7.41. The van der Waals surface area contributed by atoms with E-state index < -0.39 is 10.0 Å². The summed E-state index contributed by atoms with van der Waals surface area (Å²) in [5.74, 6) is 1.18. The first kappa shape index (κ1) is 24.1. The van der Waals surface area contributed by atoms with Gasteiger partial charge in [0.15, 0.2) is 11.5 Å². The van der Waals surface area contributed by atoms with E-state index in [2.05, 4.69) is 0 Å². The van der Waals surface area contributed by atoms with Crippen LogP contribution < -0.4 is 9.47 Å². The fourth-order valence-corrected chi connectivity index (χ4v) is 4.84. The number of rotatable bonds is 11. The zero-order chi connectivity index (χ0) is 23.0. The molecule has 0 N–H and O–H groups in total. The second-order valence-corrected chi connectivity index (χ2v) is 9.78. The Balaban J connectivity index is 1.80. The monoisotopic (exact) mass is 473 g/mol. The lowest BCUT2D eigenvalue weighted by Crippen LogP contribution is -2.31. The molecule has 5 nitrogen and oxygen atoms in total. The molecule has 3 rings (SSSR count). The lowest BCUT2D eigenvalue weighted by Gasteiger charge is -2.23. The van der Waals surface area contributed by atoms with Crippen LogP contribution in [0.1, 0.15) is 30.9 Å². The molecule has 0 aliphatic carbocycles. The molecule has 0 amide bonds. The van der Waals surface area contributed by atoms with Crippen LogP contribution in [0.4, 0.5) is 0 Å². The molecule has 7 heteroatoms. The molecule has 0 heterocycles. The topological polar surface area (TPSA) is 55.8 Å². The van der Waals surface area contributed by atoms with Gasteiger partial charge in [-0.15, -0.1) is 0 Å². The highest BCUT2D eigenvalue weighted by atomic mass is 35.5.